The van der Waals surface area contributed by atoms with Crippen LogP contribution < -0.4 is 4.74 Å². The number of rotatable bonds is 5. The summed E-state index contributed by atoms with van der Waals surface area (Å²) in [6, 6.07) is 11.4. The van der Waals surface area contributed by atoms with Gasteiger partial charge in [-0.25, -0.2) is 13.6 Å². The number of ether oxygens (including phenoxy) is 2. The second kappa shape index (κ2) is 8.77. The Morgan fingerprint density at radius 1 is 0.931 bits per heavy atom. The molecule has 0 spiro atoms. The zero-order valence-electron chi connectivity index (χ0n) is 16.3. The predicted octanol–water partition coefficient (Wildman–Crippen LogP) is 5.75. The molecule has 0 radical (unpaired) electrons. The Morgan fingerprint density at radius 3 is 2.00 bits per heavy atom. The first-order valence-corrected chi connectivity index (χ1v) is 9.17. The van der Waals surface area contributed by atoms with E-state index in [2.05, 4.69) is 10.2 Å². The molecule has 0 atom stereocenters. The minimum absolute atomic E-state index is 0.117. The highest BCUT2D eigenvalue weighted by molar-refractivity contribution is 5.87. The van der Waals surface area contributed by atoms with Gasteiger partial charge in [0.1, 0.15) is 23.0 Å². The van der Waals surface area contributed by atoms with Gasteiger partial charge in [-0.15, -0.1) is 5.10 Å². The summed E-state index contributed by atoms with van der Waals surface area (Å²) in [7, 11) is 0. The SMILES string of the molecule is CCOC(=O)Oc1c(C(C)C)nnc(-c2ccc(F)cc2)c1-c1ccc(F)cc1. The number of nitrogens with zero attached hydrogens (tertiary/aromatic N) is 2. The Kier molecular flexibility index (Phi) is 6.16. The van der Waals surface area contributed by atoms with E-state index in [4.69, 9.17) is 9.47 Å². The quantitative estimate of drug-likeness (QED) is 0.512. The molecule has 3 rings (SSSR count). The normalized spacial score (nSPS) is 10.8. The summed E-state index contributed by atoms with van der Waals surface area (Å²) < 4.78 is 37.4. The van der Waals surface area contributed by atoms with Crippen LogP contribution in [0, 0.1) is 11.6 Å². The van der Waals surface area contributed by atoms with Crippen molar-refractivity contribution >= 4 is 6.16 Å². The molecule has 0 unspecified atom stereocenters. The maximum atomic E-state index is 13.5. The molecule has 0 amide bonds. The molecule has 0 N–H and O–H groups in total. The van der Waals surface area contributed by atoms with Gasteiger partial charge in [-0.1, -0.05) is 26.0 Å². The van der Waals surface area contributed by atoms with Gasteiger partial charge in [-0.3, -0.25) is 0 Å². The number of aromatic nitrogens is 2. The van der Waals surface area contributed by atoms with E-state index in [1.807, 2.05) is 13.8 Å². The van der Waals surface area contributed by atoms with Crippen molar-refractivity contribution in [2.75, 3.05) is 6.61 Å². The van der Waals surface area contributed by atoms with E-state index >= 15 is 0 Å². The van der Waals surface area contributed by atoms with Crippen molar-refractivity contribution in [3.05, 3.63) is 65.9 Å². The summed E-state index contributed by atoms with van der Waals surface area (Å²) in [6.45, 7) is 5.58. The Morgan fingerprint density at radius 2 is 1.48 bits per heavy atom. The molecule has 0 bridgehead atoms. The molecule has 0 aliphatic carbocycles. The van der Waals surface area contributed by atoms with Crippen molar-refractivity contribution in [1.82, 2.24) is 10.2 Å². The summed E-state index contributed by atoms with van der Waals surface area (Å²) in [4.78, 5) is 12.1. The van der Waals surface area contributed by atoms with Gasteiger partial charge >= 0.3 is 6.16 Å². The Bertz CT molecular complexity index is 1000. The standard InChI is InChI=1S/C22H20F2N2O3/c1-4-28-22(27)29-21-18(14-5-9-16(23)10-6-14)20(26-25-19(21)13(2)3)15-7-11-17(24)12-8-15/h5-13H,4H2,1-3H3. The average Bonchev–Trinajstić information content (AvgIpc) is 2.69. The molecular formula is C22H20F2N2O3. The number of carbonyl (C=O) groups excluding carboxylic acids is 1. The molecular weight excluding hydrogens is 378 g/mol. The van der Waals surface area contributed by atoms with Gasteiger partial charge in [0.2, 0.25) is 0 Å². The van der Waals surface area contributed by atoms with Gasteiger partial charge in [-0.2, -0.15) is 5.10 Å². The van der Waals surface area contributed by atoms with Crippen molar-refractivity contribution < 1.29 is 23.0 Å². The van der Waals surface area contributed by atoms with Gasteiger partial charge in [0, 0.05) is 11.5 Å². The minimum atomic E-state index is -0.879. The molecule has 0 saturated heterocycles. The lowest BCUT2D eigenvalue weighted by Gasteiger charge is -2.18. The molecule has 150 valence electrons. The summed E-state index contributed by atoms with van der Waals surface area (Å²) in [6.07, 6.45) is -0.879. The molecule has 1 heterocycles. The first-order valence-electron chi connectivity index (χ1n) is 9.17. The van der Waals surface area contributed by atoms with E-state index in [0.29, 0.717) is 28.1 Å². The third-order valence-electron chi connectivity index (χ3n) is 4.20. The van der Waals surface area contributed by atoms with Crippen LogP contribution in [-0.2, 0) is 4.74 Å². The minimum Gasteiger partial charge on any atom is -0.434 e. The van der Waals surface area contributed by atoms with Crippen molar-refractivity contribution in [3.8, 4) is 28.1 Å². The van der Waals surface area contributed by atoms with Crippen LogP contribution in [0.5, 0.6) is 5.75 Å². The summed E-state index contributed by atoms with van der Waals surface area (Å²) >= 11 is 0. The number of halogens is 2. The maximum Gasteiger partial charge on any atom is 0.513 e. The van der Waals surface area contributed by atoms with Crippen LogP contribution >= 0.6 is 0 Å². The zero-order chi connectivity index (χ0) is 21.0. The smallest absolute Gasteiger partial charge is 0.434 e. The topological polar surface area (TPSA) is 61.3 Å². The molecule has 2 aromatic carbocycles. The molecule has 5 nitrogen and oxygen atoms in total. The Labute approximate surface area is 167 Å². The highest BCUT2D eigenvalue weighted by atomic mass is 19.1. The van der Waals surface area contributed by atoms with E-state index in [1.54, 1.807) is 31.2 Å². The van der Waals surface area contributed by atoms with E-state index in [1.165, 1.54) is 24.3 Å². The molecule has 29 heavy (non-hydrogen) atoms. The Balaban J connectivity index is 2.29. The second-order valence-corrected chi connectivity index (χ2v) is 6.59. The van der Waals surface area contributed by atoms with Crippen molar-refractivity contribution in [2.45, 2.75) is 26.7 Å². The van der Waals surface area contributed by atoms with E-state index < -0.39 is 17.8 Å². The highest BCUT2D eigenvalue weighted by Crippen LogP contribution is 2.41. The Hall–Kier alpha value is -3.35. The summed E-state index contributed by atoms with van der Waals surface area (Å²) in [5.41, 5.74) is 2.41. The molecule has 0 saturated carbocycles. The zero-order valence-corrected chi connectivity index (χ0v) is 16.3. The molecule has 0 aliphatic heterocycles. The molecule has 1 aromatic heterocycles. The van der Waals surface area contributed by atoms with Gasteiger partial charge in [0.25, 0.3) is 0 Å². The fourth-order valence-corrected chi connectivity index (χ4v) is 2.84. The lowest BCUT2D eigenvalue weighted by Crippen LogP contribution is -2.14. The van der Waals surface area contributed by atoms with Gasteiger partial charge < -0.3 is 9.47 Å². The number of hydrogen-bond acceptors (Lipinski definition) is 5. The lowest BCUT2D eigenvalue weighted by atomic mass is 9.96. The van der Waals surface area contributed by atoms with Gasteiger partial charge in [0.15, 0.2) is 5.75 Å². The van der Waals surface area contributed by atoms with Crippen LogP contribution in [0.4, 0.5) is 13.6 Å². The largest absolute Gasteiger partial charge is 0.513 e. The third-order valence-corrected chi connectivity index (χ3v) is 4.20. The number of carbonyl (C=O) groups is 1. The first-order chi connectivity index (χ1) is 13.9. The second-order valence-electron chi connectivity index (χ2n) is 6.59. The summed E-state index contributed by atoms with van der Waals surface area (Å²) in [5, 5.41) is 8.56. The maximum absolute atomic E-state index is 13.5. The molecule has 7 heteroatoms. The molecule has 3 aromatic rings. The number of hydrogen-bond donors (Lipinski definition) is 0. The fraction of sp³-hybridized carbons (Fsp3) is 0.227. The predicted molar refractivity (Wildman–Crippen MR) is 105 cm³/mol. The highest BCUT2D eigenvalue weighted by Gasteiger charge is 2.25. The van der Waals surface area contributed by atoms with Crippen molar-refractivity contribution in [2.24, 2.45) is 0 Å². The fourth-order valence-electron chi connectivity index (χ4n) is 2.84. The van der Waals surface area contributed by atoms with Gasteiger partial charge in [0.05, 0.1) is 12.2 Å². The molecule has 0 fully saturated rings. The molecule has 0 aliphatic rings. The van der Waals surface area contributed by atoms with Crippen LogP contribution in [-0.4, -0.2) is 23.0 Å². The van der Waals surface area contributed by atoms with Crippen LogP contribution in [0.2, 0.25) is 0 Å². The first kappa shape index (κ1) is 20.4. The third kappa shape index (κ3) is 4.56. The lowest BCUT2D eigenvalue weighted by molar-refractivity contribution is 0.104. The average molecular weight is 398 g/mol. The monoisotopic (exact) mass is 398 g/mol. The van der Waals surface area contributed by atoms with Crippen molar-refractivity contribution in [1.29, 1.82) is 0 Å². The van der Waals surface area contributed by atoms with Crippen LogP contribution in [0.1, 0.15) is 32.4 Å². The van der Waals surface area contributed by atoms with Crippen LogP contribution in [0.15, 0.2) is 48.5 Å². The van der Waals surface area contributed by atoms with Crippen LogP contribution in [0.25, 0.3) is 22.4 Å². The summed E-state index contributed by atoms with van der Waals surface area (Å²) in [5.74, 6) is -0.740. The number of benzene rings is 2. The van der Waals surface area contributed by atoms with E-state index in [0.717, 1.165) is 0 Å². The van der Waals surface area contributed by atoms with E-state index in [9.17, 15) is 13.6 Å². The van der Waals surface area contributed by atoms with Gasteiger partial charge in [-0.05, 0) is 48.9 Å². The van der Waals surface area contributed by atoms with Crippen molar-refractivity contribution in [3.63, 3.8) is 0 Å². The van der Waals surface area contributed by atoms with Crippen LogP contribution in [0.3, 0.4) is 0 Å². The van der Waals surface area contributed by atoms with E-state index in [-0.39, 0.29) is 18.3 Å².